The van der Waals surface area contributed by atoms with E-state index in [-0.39, 0.29) is 24.3 Å². The van der Waals surface area contributed by atoms with Gasteiger partial charge in [0, 0.05) is 37.6 Å². The van der Waals surface area contributed by atoms with Crippen LogP contribution in [0.25, 0.3) is 0 Å². The molecule has 8 heteroatoms. The molecule has 3 heterocycles. The summed E-state index contributed by atoms with van der Waals surface area (Å²) in [4.78, 5) is 45.7. The molecular formula is C18H21N5O3. The van der Waals surface area contributed by atoms with E-state index in [2.05, 4.69) is 15.3 Å². The first-order valence-corrected chi connectivity index (χ1v) is 8.60. The van der Waals surface area contributed by atoms with Gasteiger partial charge in [-0.3, -0.25) is 19.1 Å². The smallest absolute Gasteiger partial charge is 0.347 e. The van der Waals surface area contributed by atoms with E-state index in [0.717, 1.165) is 5.69 Å². The lowest BCUT2D eigenvalue weighted by Gasteiger charge is -2.31. The Bertz CT molecular complexity index is 813. The lowest BCUT2D eigenvalue weighted by Crippen LogP contribution is -2.44. The van der Waals surface area contributed by atoms with Gasteiger partial charge in [0.1, 0.15) is 6.54 Å². The lowest BCUT2D eigenvalue weighted by atomic mass is 9.96. The fourth-order valence-electron chi connectivity index (χ4n) is 2.97. The molecule has 1 aliphatic rings. The van der Waals surface area contributed by atoms with Crippen molar-refractivity contribution in [3.05, 3.63) is 59.0 Å². The molecule has 1 saturated heterocycles. The van der Waals surface area contributed by atoms with Gasteiger partial charge in [0.05, 0.1) is 12.2 Å². The number of nitrogens with zero attached hydrogens (tertiary/aromatic N) is 4. The highest BCUT2D eigenvalue weighted by molar-refractivity contribution is 5.80. The normalized spacial score (nSPS) is 14.8. The van der Waals surface area contributed by atoms with Crippen LogP contribution in [-0.2, 0) is 22.7 Å². The van der Waals surface area contributed by atoms with E-state index < -0.39 is 5.69 Å². The minimum absolute atomic E-state index is 0.00812. The number of likely N-dealkylation sites (tertiary alicyclic amines) is 1. The van der Waals surface area contributed by atoms with Gasteiger partial charge in [-0.2, -0.15) is 0 Å². The number of carbonyl (C=O) groups is 2. The molecule has 2 aromatic rings. The summed E-state index contributed by atoms with van der Waals surface area (Å²) >= 11 is 0. The highest BCUT2D eigenvalue weighted by Gasteiger charge is 2.27. The third-order valence-corrected chi connectivity index (χ3v) is 4.48. The topological polar surface area (TPSA) is 97.2 Å². The largest absolute Gasteiger partial charge is 0.350 e. The summed E-state index contributed by atoms with van der Waals surface area (Å²) in [6.07, 6.45) is 5.87. The molecule has 0 bridgehead atoms. The average molecular weight is 355 g/mol. The van der Waals surface area contributed by atoms with Gasteiger partial charge in [-0.05, 0) is 31.0 Å². The van der Waals surface area contributed by atoms with E-state index in [1.54, 1.807) is 23.4 Å². The van der Waals surface area contributed by atoms with Crippen LogP contribution in [-0.4, -0.2) is 44.3 Å². The second-order valence-electron chi connectivity index (χ2n) is 6.22. The van der Waals surface area contributed by atoms with Crippen molar-refractivity contribution < 1.29 is 9.59 Å². The van der Waals surface area contributed by atoms with E-state index in [1.807, 2.05) is 18.2 Å². The van der Waals surface area contributed by atoms with Crippen LogP contribution in [0, 0.1) is 5.92 Å². The van der Waals surface area contributed by atoms with Crippen LogP contribution in [0.15, 0.2) is 47.7 Å². The molecule has 1 N–H and O–H groups in total. The molecule has 136 valence electrons. The zero-order valence-electron chi connectivity index (χ0n) is 14.4. The number of pyridine rings is 1. The minimum atomic E-state index is -0.440. The Hall–Kier alpha value is -3.03. The molecule has 1 fully saturated rings. The molecule has 3 rings (SSSR count). The first-order chi connectivity index (χ1) is 12.6. The maximum absolute atomic E-state index is 12.3. The number of nitrogens with one attached hydrogen (secondary N) is 1. The van der Waals surface area contributed by atoms with Crippen molar-refractivity contribution in [2.75, 3.05) is 13.1 Å². The van der Waals surface area contributed by atoms with Gasteiger partial charge in [0.25, 0.3) is 0 Å². The van der Waals surface area contributed by atoms with E-state index in [4.69, 9.17) is 0 Å². The van der Waals surface area contributed by atoms with Gasteiger partial charge >= 0.3 is 5.69 Å². The first-order valence-electron chi connectivity index (χ1n) is 8.60. The number of rotatable bonds is 5. The predicted molar refractivity (Wildman–Crippen MR) is 93.9 cm³/mol. The minimum Gasteiger partial charge on any atom is -0.350 e. The third kappa shape index (κ3) is 4.53. The molecule has 2 amide bonds. The molecule has 0 unspecified atom stereocenters. The van der Waals surface area contributed by atoms with Crippen LogP contribution in [0.4, 0.5) is 0 Å². The van der Waals surface area contributed by atoms with Crippen LogP contribution in [0.2, 0.25) is 0 Å². The molecule has 0 saturated carbocycles. The Balaban J connectivity index is 1.46. The molecule has 0 aromatic carbocycles. The fourth-order valence-corrected chi connectivity index (χ4v) is 2.97. The average Bonchev–Trinajstić information content (AvgIpc) is 2.69. The van der Waals surface area contributed by atoms with Gasteiger partial charge in [-0.15, -0.1) is 0 Å². The van der Waals surface area contributed by atoms with Crippen LogP contribution >= 0.6 is 0 Å². The van der Waals surface area contributed by atoms with Crippen LogP contribution < -0.4 is 11.0 Å². The summed E-state index contributed by atoms with van der Waals surface area (Å²) in [5.74, 6) is -0.248. The van der Waals surface area contributed by atoms with Gasteiger partial charge in [-0.1, -0.05) is 6.07 Å². The molecule has 0 aliphatic carbocycles. The van der Waals surface area contributed by atoms with Gasteiger partial charge in [0.15, 0.2) is 0 Å². The Morgan fingerprint density at radius 3 is 2.58 bits per heavy atom. The summed E-state index contributed by atoms with van der Waals surface area (Å²) < 4.78 is 1.29. The van der Waals surface area contributed by atoms with Crippen molar-refractivity contribution in [3.63, 3.8) is 0 Å². The molecule has 0 spiro atoms. The standard InChI is InChI=1S/C18H21N5O3/c24-16(13-23-9-3-8-20-18(23)26)22-10-5-14(6-11-22)17(25)21-12-15-4-1-2-7-19-15/h1-4,7-9,14H,5-6,10-13H2,(H,21,25). The number of amides is 2. The van der Waals surface area contributed by atoms with E-state index in [9.17, 15) is 14.4 Å². The van der Waals surface area contributed by atoms with Crippen molar-refractivity contribution in [3.8, 4) is 0 Å². The lowest BCUT2D eigenvalue weighted by molar-refractivity contribution is -0.136. The Kier molecular flexibility index (Phi) is 5.73. The summed E-state index contributed by atoms with van der Waals surface area (Å²) in [7, 11) is 0. The Morgan fingerprint density at radius 2 is 1.88 bits per heavy atom. The molecule has 8 nitrogen and oxygen atoms in total. The second kappa shape index (κ2) is 8.37. The van der Waals surface area contributed by atoms with Gasteiger partial charge in [-0.25, -0.2) is 9.78 Å². The zero-order valence-corrected chi connectivity index (χ0v) is 14.4. The summed E-state index contributed by atoms with van der Waals surface area (Å²) in [6.45, 7) is 1.40. The molecular weight excluding hydrogens is 334 g/mol. The fraction of sp³-hybridized carbons (Fsp3) is 0.389. The monoisotopic (exact) mass is 355 g/mol. The molecule has 1 aliphatic heterocycles. The van der Waals surface area contributed by atoms with Gasteiger partial charge in [0.2, 0.25) is 11.8 Å². The maximum Gasteiger partial charge on any atom is 0.347 e. The van der Waals surface area contributed by atoms with E-state index in [0.29, 0.717) is 32.5 Å². The van der Waals surface area contributed by atoms with Crippen molar-refractivity contribution in [2.45, 2.75) is 25.9 Å². The van der Waals surface area contributed by atoms with Crippen molar-refractivity contribution in [1.82, 2.24) is 24.8 Å². The van der Waals surface area contributed by atoms with E-state index >= 15 is 0 Å². The molecule has 0 radical (unpaired) electrons. The maximum atomic E-state index is 12.3. The van der Waals surface area contributed by atoms with Crippen LogP contribution in [0.1, 0.15) is 18.5 Å². The number of piperidine rings is 1. The summed E-state index contributed by atoms with van der Waals surface area (Å²) in [5.41, 5.74) is 0.375. The second-order valence-corrected chi connectivity index (χ2v) is 6.22. The zero-order chi connectivity index (χ0) is 18.4. The molecule has 2 aromatic heterocycles. The third-order valence-electron chi connectivity index (χ3n) is 4.48. The van der Waals surface area contributed by atoms with E-state index in [1.165, 1.54) is 10.8 Å². The SMILES string of the molecule is O=C(NCc1ccccn1)C1CCN(C(=O)Cn2cccnc2=O)CC1. The summed E-state index contributed by atoms with van der Waals surface area (Å²) in [5, 5.41) is 2.90. The van der Waals surface area contributed by atoms with Crippen LogP contribution in [0.5, 0.6) is 0 Å². The number of carbonyl (C=O) groups excluding carboxylic acids is 2. The Morgan fingerprint density at radius 1 is 1.12 bits per heavy atom. The molecule has 26 heavy (non-hydrogen) atoms. The van der Waals surface area contributed by atoms with Gasteiger partial charge < -0.3 is 10.2 Å². The van der Waals surface area contributed by atoms with Crippen molar-refractivity contribution in [2.24, 2.45) is 5.92 Å². The number of aromatic nitrogens is 3. The number of hydrogen-bond donors (Lipinski definition) is 1. The van der Waals surface area contributed by atoms with Crippen LogP contribution in [0.3, 0.4) is 0 Å². The summed E-state index contributed by atoms with van der Waals surface area (Å²) in [6, 6.07) is 7.19. The molecule has 0 atom stereocenters. The highest BCUT2D eigenvalue weighted by atomic mass is 16.2. The first kappa shape index (κ1) is 17.8. The quantitative estimate of drug-likeness (QED) is 0.826. The Labute approximate surface area is 150 Å². The predicted octanol–water partition coefficient (Wildman–Crippen LogP) is 0.193. The van der Waals surface area contributed by atoms with Crippen molar-refractivity contribution >= 4 is 11.8 Å². The van der Waals surface area contributed by atoms with Crippen molar-refractivity contribution in [1.29, 1.82) is 0 Å². The number of hydrogen-bond acceptors (Lipinski definition) is 5. The highest BCUT2D eigenvalue weighted by Crippen LogP contribution is 2.17.